The second-order valence-electron chi connectivity index (χ2n) is 12.5. The molecule has 1 amide bonds. The zero-order valence-electron chi connectivity index (χ0n) is 27.7. The van der Waals surface area contributed by atoms with Gasteiger partial charge in [0.25, 0.3) is 15.9 Å². The molecule has 0 saturated carbocycles. The predicted octanol–water partition coefficient (Wildman–Crippen LogP) is 5.02. The first-order valence-corrected chi connectivity index (χ1v) is 17.4. The van der Waals surface area contributed by atoms with E-state index in [0.717, 1.165) is 25.8 Å². The number of aromatic nitrogens is 1. The maximum atomic E-state index is 14.4. The van der Waals surface area contributed by atoms with Crippen molar-refractivity contribution in [3.05, 3.63) is 71.1 Å². The molecule has 0 radical (unpaired) electrons. The Morgan fingerprint density at radius 1 is 1.13 bits per heavy atom. The van der Waals surface area contributed by atoms with E-state index < -0.39 is 16.1 Å². The summed E-state index contributed by atoms with van der Waals surface area (Å²) in [6.45, 7) is 11.0. The first-order valence-electron chi connectivity index (χ1n) is 15.9. The van der Waals surface area contributed by atoms with E-state index in [1.54, 1.807) is 30.9 Å². The number of carbonyl (C=O) groups excluding carboxylic acids is 1. The Morgan fingerprint density at radius 3 is 2.54 bits per heavy atom. The van der Waals surface area contributed by atoms with Gasteiger partial charge in [0.05, 0.1) is 30.4 Å². The molecule has 0 saturated heterocycles. The maximum absolute atomic E-state index is 14.4. The third kappa shape index (κ3) is 9.09. The molecule has 4 rings (SSSR count). The number of amides is 1. The normalized spacial score (nSPS) is 20.9. The molecular weight excluding hydrogens is 608 g/mol. The Hall–Kier alpha value is -3.45. The summed E-state index contributed by atoms with van der Waals surface area (Å²) in [4.78, 5) is 18.2. The van der Waals surface area contributed by atoms with E-state index >= 15 is 0 Å². The van der Waals surface area contributed by atoms with Crippen molar-refractivity contribution in [1.82, 2.24) is 15.0 Å². The summed E-state index contributed by atoms with van der Waals surface area (Å²) in [6.07, 6.45) is 2.13. The number of aliphatic hydroxyl groups excluding tert-OH is 1. The van der Waals surface area contributed by atoms with Crippen molar-refractivity contribution >= 4 is 21.6 Å². The van der Waals surface area contributed by atoms with Gasteiger partial charge in [-0.15, -0.1) is 0 Å². The van der Waals surface area contributed by atoms with Crippen molar-refractivity contribution in [3.63, 3.8) is 0 Å². The van der Waals surface area contributed by atoms with E-state index in [0.29, 0.717) is 25.4 Å². The number of likely N-dealkylation sites (N-methyl/N-ethyl adjacent to an activating group) is 1. The van der Waals surface area contributed by atoms with Gasteiger partial charge < -0.3 is 24.0 Å². The Labute approximate surface area is 272 Å². The minimum absolute atomic E-state index is 0.0450. The molecule has 2 N–H and O–H groups in total. The van der Waals surface area contributed by atoms with Gasteiger partial charge in [-0.1, -0.05) is 42.4 Å². The largest absolute Gasteiger partial charge is 0.490 e. The average molecular weight is 657 g/mol. The van der Waals surface area contributed by atoms with Crippen molar-refractivity contribution in [2.75, 3.05) is 38.1 Å². The number of nitrogens with one attached hydrogen (secondary N) is 1. The van der Waals surface area contributed by atoms with Crippen molar-refractivity contribution in [2.24, 2.45) is 5.92 Å². The summed E-state index contributed by atoms with van der Waals surface area (Å²) in [7, 11) is -1.99. The van der Waals surface area contributed by atoms with Crippen LogP contribution in [0.2, 0.25) is 0 Å². The number of ether oxygens (including phenoxy) is 2. The molecule has 1 aliphatic heterocycles. The van der Waals surface area contributed by atoms with Crippen molar-refractivity contribution in [3.8, 4) is 5.75 Å². The molecule has 252 valence electrons. The van der Waals surface area contributed by atoms with Crippen LogP contribution in [-0.4, -0.2) is 86.0 Å². The topological polar surface area (TPSA) is 134 Å². The molecule has 46 heavy (non-hydrogen) atoms. The maximum Gasteiger partial charge on any atom is 0.267 e. The minimum atomic E-state index is -4.05. The van der Waals surface area contributed by atoms with Crippen LogP contribution in [0, 0.1) is 19.8 Å². The van der Waals surface area contributed by atoms with Crippen LogP contribution in [0.4, 0.5) is 5.69 Å². The molecule has 0 fully saturated rings. The average Bonchev–Trinajstić information content (AvgIpc) is 3.37. The number of sulfonamides is 1. The van der Waals surface area contributed by atoms with Crippen molar-refractivity contribution < 1.29 is 32.3 Å². The fourth-order valence-electron chi connectivity index (χ4n) is 5.78. The summed E-state index contributed by atoms with van der Waals surface area (Å²) in [5, 5.41) is 14.0. The number of hydrogen-bond donors (Lipinski definition) is 2. The monoisotopic (exact) mass is 656 g/mol. The molecule has 0 bridgehead atoms. The highest BCUT2D eigenvalue weighted by molar-refractivity contribution is 7.92. The lowest BCUT2D eigenvalue weighted by atomic mass is 10.0. The van der Waals surface area contributed by atoms with E-state index in [-0.39, 0.29) is 58.2 Å². The number of hydrogen-bond acceptors (Lipinski definition) is 9. The Balaban J connectivity index is 1.66. The van der Waals surface area contributed by atoms with Gasteiger partial charge in [-0.3, -0.25) is 14.4 Å². The Kier molecular flexibility index (Phi) is 12.2. The predicted molar refractivity (Wildman–Crippen MR) is 176 cm³/mol. The summed E-state index contributed by atoms with van der Waals surface area (Å²) >= 11 is 0. The number of anilines is 1. The van der Waals surface area contributed by atoms with Gasteiger partial charge in [-0.05, 0) is 77.8 Å². The molecule has 11 nitrogen and oxygen atoms in total. The highest BCUT2D eigenvalue weighted by atomic mass is 32.2. The molecule has 2 aromatic carbocycles. The van der Waals surface area contributed by atoms with Gasteiger partial charge in [-0.25, -0.2) is 8.42 Å². The highest BCUT2D eigenvalue weighted by Gasteiger charge is 2.31. The van der Waals surface area contributed by atoms with Gasteiger partial charge >= 0.3 is 0 Å². The highest BCUT2D eigenvalue weighted by Crippen LogP contribution is 2.30. The fraction of sp³-hybridized carbons (Fsp3) is 0.529. The smallest absolute Gasteiger partial charge is 0.267 e. The molecule has 0 aliphatic carbocycles. The molecule has 1 aliphatic rings. The summed E-state index contributed by atoms with van der Waals surface area (Å²) < 4.78 is 47.0. The third-order valence-electron chi connectivity index (χ3n) is 8.33. The van der Waals surface area contributed by atoms with Crippen LogP contribution in [0.15, 0.2) is 57.9 Å². The number of aryl methyl sites for hydroxylation is 2. The van der Waals surface area contributed by atoms with Crippen molar-refractivity contribution in [1.29, 1.82) is 0 Å². The van der Waals surface area contributed by atoms with Gasteiger partial charge in [0.1, 0.15) is 11.4 Å². The van der Waals surface area contributed by atoms with E-state index in [4.69, 9.17) is 14.0 Å². The standard InChI is InChI=1S/C34H48N4O7S/c1-23-19-38(24(2)22-39)34(40)30-18-29(36-46(41,42)33-26(4)35-45-27(33)5)15-16-31(30)44-25(3)12-10-11-17-43-32(23)21-37(6)20-28-13-8-7-9-14-28/h7-9,13-16,18,23-25,32,36,39H,10-12,17,19-22H2,1-6H3/t23-,24-,25+,32+/m0/s1. The summed E-state index contributed by atoms with van der Waals surface area (Å²) in [6, 6.07) is 14.4. The fourth-order valence-corrected chi connectivity index (χ4v) is 7.16. The van der Waals surface area contributed by atoms with Gasteiger partial charge in [0.15, 0.2) is 10.7 Å². The van der Waals surface area contributed by atoms with Crippen LogP contribution in [0.25, 0.3) is 0 Å². The second-order valence-corrected chi connectivity index (χ2v) is 14.1. The van der Waals surface area contributed by atoms with Gasteiger partial charge in [0.2, 0.25) is 0 Å². The van der Waals surface area contributed by atoms with E-state index in [1.165, 1.54) is 18.6 Å². The van der Waals surface area contributed by atoms with Gasteiger partial charge in [-0.2, -0.15) is 0 Å². The molecule has 0 spiro atoms. The van der Waals surface area contributed by atoms with Crippen LogP contribution < -0.4 is 9.46 Å². The Bertz CT molecular complexity index is 1530. The first-order chi connectivity index (χ1) is 21.9. The summed E-state index contributed by atoms with van der Waals surface area (Å²) in [5.41, 5.74) is 1.84. The van der Waals surface area contributed by atoms with Gasteiger partial charge in [0, 0.05) is 37.8 Å². The third-order valence-corrected chi connectivity index (χ3v) is 9.95. The quantitative estimate of drug-likeness (QED) is 0.326. The van der Waals surface area contributed by atoms with E-state index in [2.05, 4.69) is 40.9 Å². The SMILES string of the molecule is Cc1noc(C)c1S(=O)(=O)Nc1ccc2c(c1)C(=O)N([C@@H](C)CO)C[C@H](C)[C@@H](CN(C)Cc1ccccc1)OCCCC[C@@H](C)O2. The molecular formula is C34H48N4O7S. The number of aliphatic hydroxyl groups is 1. The summed E-state index contributed by atoms with van der Waals surface area (Å²) in [5.74, 6) is 0.0683. The first kappa shape index (κ1) is 35.4. The molecule has 0 unspecified atom stereocenters. The lowest BCUT2D eigenvalue weighted by molar-refractivity contribution is -0.0177. The number of rotatable bonds is 9. The minimum Gasteiger partial charge on any atom is -0.490 e. The number of nitrogens with zero attached hydrogens (tertiary/aromatic N) is 3. The number of carbonyl (C=O) groups is 1. The number of fused-ring (bicyclic) bond motifs is 1. The molecule has 1 aromatic heterocycles. The van der Waals surface area contributed by atoms with Crippen LogP contribution in [-0.2, 0) is 21.3 Å². The van der Waals surface area contributed by atoms with Crippen LogP contribution in [0.1, 0.15) is 67.4 Å². The lowest BCUT2D eigenvalue weighted by Gasteiger charge is -2.36. The van der Waals surface area contributed by atoms with Crippen LogP contribution in [0.5, 0.6) is 5.75 Å². The zero-order valence-corrected chi connectivity index (χ0v) is 28.5. The molecule has 3 aromatic rings. The van der Waals surface area contributed by atoms with Crippen LogP contribution in [0.3, 0.4) is 0 Å². The number of benzene rings is 2. The van der Waals surface area contributed by atoms with E-state index in [1.807, 2.05) is 25.1 Å². The van der Waals surface area contributed by atoms with Crippen LogP contribution >= 0.6 is 0 Å². The molecule has 2 heterocycles. The van der Waals surface area contributed by atoms with E-state index in [9.17, 15) is 18.3 Å². The lowest BCUT2D eigenvalue weighted by Crippen LogP contribution is -2.47. The second kappa shape index (κ2) is 15.9. The zero-order chi connectivity index (χ0) is 33.4. The molecule has 4 atom stereocenters. The Morgan fingerprint density at radius 2 is 1.87 bits per heavy atom. The molecule has 12 heteroatoms. The van der Waals surface area contributed by atoms with Crippen molar-refractivity contribution in [2.45, 2.75) is 83.6 Å².